The van der Waals surface area contributed by atoms with E-state index in [9.17, 15) is 0 Å². The van der Waals surface area contributed by atoms with Crippen molar-refractivity contribution in [1.29, 1.82) is 5.26 Å². The van der Waals surface area contributed by atoms with Gasteiger partial charge in [0.1, 0.15) is 0 Å². The minimum atomic E-state index is 1.14. The van der Waals surface area contributed by atoms with Crippen molar-refractivity contribution in [2.45, 2.75) is 6.92 Å². The van der Waals surface area contributed by atoms with E-state index in [1.807, 2.05) is 31.2 Å². The molecule has 0 unspecified atom stereocenters. The number of aryl methyl sites for hydroxylation is 1. The van der Waals surface area contributed by atoms with Crippen LogP contribution in [-0.2, 0) is 0 Å². The molecule has 50 valence electrons. The number of rotatable bonds is 1. The molecule has 2 heteroatoms. The molecule has 10 heavy (non-hydrogen) atoms. The summed E-state index contributed by atoms with van der Waals surface area (Å²) in [5.74, 6) is 0. The Morgan fingerprint density at radius 3 is 2.90 bits per heavy atom. The molecule has 0 N–H and O–H groups in total. The summed E-state index contributed by atoms with van der Waals surface area (Å²) in [7, 11) is 0. The molecule has 0 aromatic carbocycles. The van der Waals surface area contributed by atoms with Gasteiger partial charge in [0.25, 0.3) is 0 Å². The summed E-state index contributed by atoms with van der Waals surface area (Å²) >= 11 is 1.69. The zero-order valence-corrected chi connectivity index (χ0v) is 6.48. The lowest BCUT2D eigenvalue weighted by Gasteiger charge is -1.76. The summed E-state index contributed by atoms with van der Waals surface area (Å²) in [6, 6.07) is 6.00. The zero-order chi connectivity index (χ0) is 7.40. The van der Waals surface area contributed by atoms with Crippen molar-refractivity contribution in [3.63, 3.8) is 0 Å². The van der Waals surface area contributed by atoms with E-state index in [0.717, 1.165) is 4.88 Å². The van der Waals surface area contributed by atoms with Crippen molar-refractivity contribution >= 4 is 17.4 Å². The second-order valence-electron chi connectivity index (χ2n) is 1.91. The highest BCUT2D eigenvalue weighted by Crippen LogP contribution is 2.15. The number of allylic oxidation sites excluding steroid dienone is 1. The van der Waals surface area contributed by atoms with Crippen LogP contribution in [0.2, 0.25) is 0 Å². The Kier molecular flexibility index (Phi) is 2.24. The molecule has 1 heterocycles. The summed E-state index contributed by atoms with van der Waals surface area (Å²) in [6.45, 7) is 2.05. The third kappa shape index (κ3) is 1.71. The highest BCUT2D eigenvalue weighted by atomic mass is 32.1. The average Bonchev–Trinajstić information content (AvgIpc) is 2.31. The molecule has 0 saturated heterocycles. The number of nitrogens with zero attached hydrogens (tertiary/aromatic N) is 1. The predicted octanol–water partition coefficient (Wildman–Crippen LogP) is 2.59. The lowest BCUT2D eigenvalue weighted by atomic mass is 10.4. The first-order chi connectivity index (χ1) is 4.83. The molecule has 0 fully saturated rings. The van der Waals surface area contributed by atoms with E-state index in [2.05, 4.69) is 0 Å². The first kappa shape index (κ1) is 7.04. The van der Waals surface area contributed by atoms with Crippen LogP contribution in [0.1, 0.15) is 9.75 Å². The van der Waals surface area contributed by atoms with Gasteiger partial charge in [-0.25, -0.2) is 0 Å². The van der Waals surface area contributed by atoms with E-state index in [0.29, 0.717) is 0 Å². The third-order valence-corrected chi connectivity index (χ3v) is 2.05. The summed E-state index contributed by atoms with van der Waals surface area (Å²) in [4.78, 5) is 2.41. The molecule has 0 bridgehead atoms. The van der Waals surface area contributed by atoms with Crippen LogP contribution in [0.15, 0.2) is 18.2 Å². The first-order valence-electron chi connectivity index (χ1n) is 2.95. The van der Waals surface area contributed by atoms with E-state index in [1.54, 1.807) is 11.3 Å². The van der Waals surface area contributed by atoms with Gasteiger partial charge in [0, 0.05) is 15.8 Å². The molecular weight excluding hydrogens is 142 g/mol. The van der Waals surface area contributed by atoms with Gasteiger partial charge in [-0.05, 0) is 25.1 Å². The quantitative estimate of drug-likeness (QED) is 0.563. The van der Waals surface area contributed by atoms with Crippen LogP contribution in [0.25, 0.3) is 6.08 Å². The van der Waals surface area contributed by atoms with E-state index < -0.39 is 0 Å². The maximum Gasteiger partial charge on any atom is 0.0912 e. The van der Waals surface area contributed by atoms with Gasteiger partial charge in [0.15, 0.2) is 0 Å². The second-order valence-corrected chi connectivity index (χ2v) is 3.23. The normalized spacial score (nSPS) is 10.0. The minimum absolute atomic E-state index is 1.14. The number of hydrogen-bond acceptors (Lipinski definition) is 2. The molecule has 1 rings (SSSR count). The van der Waals surface area contributed by atoms with Gasteiger partial charge in [-0.1, -0.05) is 0 Å². The maximum atomic E-state index is 8.20. The zero-order valence-electron chi connectivity index (χ0n) is 5.66. The molecule has 0 radical (unpaired) electrons. The molecule has 0 aliphatic heterocycles. The van der Waals surface area contributed by atoms with Crippen LogP contribution in [-0.4, -0.2) is 0 Å². The number of nitriles is 1. The Morgan fingerprint density at radius 2 is 2.40 bits per heavy atom. The van der Waals surface area contributed by atoms with E-state index in [1.165, 1.54) is 11.0 Å². The van der Waals surface area contributed by atoms with Gasteiger partial charge < -0.3 is 0 Å². The third-order valence-electron chi connectivity index (χ3n) is 1.08. The standard InChI is InChI=1S/C8H7NS/c1-7-4-5-8(10-7)3-2-6-9/h2-5H,1H3/b3-2+. The predicted molar refractivity (Wildman–Crippen MR) is 43.7 cm³/mol. The number of thiophene rings is 1. The Labute approximate surface area is 64.2 Å². The highest BCUT2D eigenvalue weighted by molar-refractivity contribution is 7.12. The van der Waals surface area contributed by atoms with Crippen LogP contribution in [0.3, 0.4) is 0 Å². The summed E-state index contributed by atoms with van der Waals surface area (Å²) in [6.07, 6.45) is 3.31. The van der Waals surface area contributed by atoms with Crippen LogP contribution in [0.4, 0.5) is 0 Å². The molecule has 0 amide bonds. The van der Waals surface area contributed by atoms with Crippen LogP contribution in [0, 0.1) is 18.3 Å². The van der Waals surface area contributed by atoms with E-state index in [4.69, 9.17) is 5.26 Å². The van der Waals surface area contributed by atoms with Crippen LogP contribution in [0.5, 0.6) is 0 Å². The van der Waals surface area contributed by atoms with E-state index in [-0.39, 0.29) is 0 Å². The molecule has 1 nitrogen and oxygen atoms in total. The van der Waals surface area contributed by atoms with Gasteiger partial charge in [-0.3, -0.25) is 0 Å². The van der Waals surface area contributed by atoms with Crippen molar-refractivity contribution in [2.24, 2.45) is 0 Å². The largest absolute Gasteiger partial charge is 0.193 e. The highest BCUT2D eigenvalue weighted by Gasteiger charge is 1.88. The summed E-state index contributed by atoms with van der Waals surface area (Å²) in [5, 5.41) is 8.20. The smallest absolute Gasteiger partial charge is 0.0912 e. The van der Waals surface area contributed by atoms with Crippen molar-refractivity contribution in [3.05, 3.63) is 28.0 Å². The molecule has 1 aromatic rings. The molecule has 0 aliphatic rings. The fraction of sp³-hybridized carbons (Fsp3) is 0.125. The van der Waals surface area contributed by atoms with Crippen molar-refractivity contribution in [3.8, 4) is 6.07 Å². The van der Waals surface area contributed by atoms with Gasteiger partial charge in [0.05, 0.1) is 6.07 Å². The van der Waals surface area contributed by atoms with Gasteiger partial charge in [0.2, 0.25) is 0 Å². The topological polar surface area (TPSA) is 23.8 Å². The summed E-state index contributed by atoms with van der Waals surface area (Å²) in [5.41, 5.74) is 0. The van der Waals surface area contributed by atoms with Crippen LogP contribution >= 0.6 is 11.3 Å². The molecule has 0 aliphatic carbocycles. The summed E-state index contributed by atoms with van der Waals surface area (Å²) < 4.78 is 0. The molecule has 0 saturated carbocycles. The lowest BCUT2D eigenvalue weighted by Crippen LogP contribution is -1.52. The Balaban J connectivity index is 2.78. The van der Waals surface area contributed by atoms with Gasteiger partial charge in [-0.2, -0.15) is 5.26 Å². The van der Waals surface area contributed by atoms with Crippen molar-refractivity contribution < 1.29 is 0 Å². The Hall–Kier alpha value is -1.07. The Morgan fingerprint density at radius 1 is 1.60 bits per heavy atom. The monoisotopic (exact) mass is 149 g/mol. The molecular formula is C8H7NS. The fourth-order valence-electron chi connectivity index (χ4n) is 0.662. The van der Waals surface area contributed by atoms with E-state index >= 15 is 0 Å². The average molecular weight is 149 g/mol. The van der Waals surface area contributed by atoms with Gasteiger partial charge >= 0.3 is 0 Å². The SMILES string of the molecule is Cc1ccc(/C=C/C#N)s1. The maximum absolute atomic E-state index is 8.20. The van der Waals surface area contributed by atoms with Gasteiger partial charge in [-0.15, -0.1) is 11.3 Å². The fourth-order valence-corrected chi connectivity index (χ4v) is 1.44. The van der Waals surface area contributed by atoms with Crippen LogP contribution < -0.4 is 0 Å². The number of hydrogen-bond donors (Lipinski definition) is 0. The molecule has 0 atom stereocenters. The van der Waals surface area contributed by atoms with Crippen molar-refractivity contribution in [2.75, 3.05) is 0 Å². The first-order valence-corrected chi connectivity index (χ1v) is 3.77. The lowest BCUT2D eigenvalue weighted by molar-refractivity contribution is 1.54. The Bertz CT molecular complexity index is 278. The van der Waals surface area contributed by atoms with Crippen molar-refractivity contribution in [1.82, 2.24) is 0 Å². The second kappa shape index (κ2) is 3.19. The molecule has 0 spiro atoms. The molecule has 1 aromatic heterocycles. The minimum Gasteiger partial charge on any atom is -0.193 e.